The van der Waals surface area contributed by atoms with Gasteiger partial charge in [-0.3, -0.25) is 4.68 Å². The summed E-state index contributed by atoms with van der Waals surface area (Å²) in [5.74, 6) is 0.914. The van der Waals surface area contributed by atoms with E-state index in [0.29, 0.717) is 6.61 Å². The van der Waals surface area contributed by atoms with Crippen LogP contribution in [0.3, 0.4) is 0 Å². The Morgan fingerprint density at radius 2 is 2.05 bits per heavy atom. The van der Waals surface area contributed by atoms with Crippen molar-refractivity contribution in [2.45, 2.75) is 33.4 Å². The summed E-state index contributed by atoms with van der Waals surface area (Å²) >= 11 is 5.91. The lowest BCUT2D eigenvalue weighted by Crippen LogP contribution is -2.07. The molecule has 2 rings (SSSR count). The zero-order valence-electron chi connectivity index (χ0n) is 11.0. The number of aromatic nitrogens is 2. The first kappa shape index (κ1) is 14.8. The standard InChI is InChI=1S/C14H16BrIN2O/c1-3-11-14(15)12(18(4-2)17-11)9-19-13-8-6-5-7-10(13)16/h5-8H,3-4,9H2,1-2H3. The first-order valence-electron chi connectivity index (χ1n) is 6.28. The van der Waals surface area contributed by atoms with Crippen molar-refractivity contribution in [3.05, 3.63) is 43.7 Å². The SMILES string of the molecule is CCc1nn(CC)c(COc2ccccc2I)c1Br. The van der Waals surface area contributed by atoms with Gasteiger partial charge in [-0.05, 0) is 64.0 Å². The molecule has 0 atom stereocenters. The van der Waals surface area contributed by atoms with Gasteiger partial charge in [-0.1, -0.05) is 19.1 Å². The van der Waals surface area contributed by atoms with Crippen LogP contribution >= 0.6 is 38.5 Å². The van der Waals surface area contributed by atoms with Crippen LogP contribution in [0.1, 0.15) is 25.2 Å². The molecule has 0 aliphatic carbocycles. The Hall–Kier alpha value is -0.560. The number of para-hydroxylation sites is 1. The van der Waals surface area contributed by atoms with Gasteiger partial charge in [0.2, 0.25) is 0 Å². The summed E-state index contributed by atoms with van der Waals surface area (Å²) in [7, 11) is 0. The minimum Gasteiger partial charge on any atom is -0.486 e. The van der Waals surface area contributed by atoms with Crippen molar-refractivity contribution in [2.75, 3.05) is 0 Å². The molecule has 0 aliphatic rings. The van der Waals surface area contributed by atoms with Crippen molar-refractivity contribution in [3.8, 4) is 5.75 Å². The summed E-state index contributed by atoms with van der Waals surface area (Å²) in [6, 6.07) is 8.03. The van der Waals surface area contributed by atoms with E-state index in [1.165, 1.54) is 0 Å². The average Bonchev–Trinajstić information content (AvgIpc) is 2.74. The summed E-state index contributed by atoms with van der Waals surface area (Å²) in [6.45, 7) is 5.58. The molecular weight excluding hydrogens is 419 g/mol. The van der Waals surface area contributed by atoms with Crippen LogP contribution in [0.4, 0.5) is 0 Å². The van der Waals surface area contributed by atoms with Gasteiger partial charge in [0, 0.05) is 6.54 Å². The molecule has 1 heterocycles. The van der Waals surface area contributed by atoms with E-state index in [4.69, 9.17) is 4.74 Å². The number of aryl methyl sites for hydroxylation is 2. The van der Waals surface area contributed by atoms with Gasteiger partial charge in [0.05, 0.1) is 19.4 Å². The summed E-state index contributed by atoms with van der Waals surface area (Å²) < 4.78 is 10.1. The first-order valence-corrected chi connectivity index (χ1v) is 8.15. The first-order chi connectivity index (χ1) is 9.17. The fraction of sp³-hybridized carbons (Fsp3) is 0.357. The Morgan fingerprint density at radius 3 is 2.68 bits per heavy atom. The smallest absolute Gasteiger partial charge is 0.133 e. The molecule has 0 N–H and O–H groups in total. The molecule has 0 unspecified atom stereocenters. The van der Waals surface area contributed by atoms with E-state index in [1.54, 1.807) is 0 Å². The third-order valence-electron chi connectivity index (χ3n) is 2.90. The van der Waals surface area contributed by atoms with Gasteiger partial charge in [0.1, 0.15) is 12.4 Å². The Bertz CT molecular complexity index is 569. The molecule has 2 aromatic rings. The predicted molar refractivity (Wildman–Crippen MR) is 88.5 cm³/mol. The highest BCUT2D eigenvalue weighted by Gasteiger charge is 2.14. The van der Waals surface area contributed by atoms with Gasteiger partial charge in [-0.25, -0.2) is 0 Å². The Kier molecular flexibility index (Phi) is 5.27. The van der Waals surface area contributed by atoms with Crippen LogP contribution in [0.25, 0.3) is 0 Å². The second-order valence-corrected chi connectivity index (χ2v) is 6.05. The van der Waals surface area contributed by atoms with Gasteiger partial charge in [0.25, 0.3) is 0 Å². The number of rotatable bonds is 5. The lowest BCUT2D eigenvalue weighted by Gasteiger charge is -2.09. The summed E-state index contributed by atoms with van der Waals surface area (Å²) in [5, 5.41) is 4.57. The van der Waals surface area contributed by atoms with Crippen LogP contribution < -0.4 is 4.74 Å². The van der Waals surface area contributed by atoms with E-state index < -0.39 is 0 Å². The van der Waals surface area contributed by atoms with Crippen molar-refractivity contribution in [1.29, 1.82) is 0 Å². The molecule has 0 bridgehead atoms. The largest absolute Gasteiger partial charge is 0.486 e. The molecular formula is C14H16BrIN2O. The third kappa shape index (κ3) is 3.31. The fourth-order valence-corrected chi connectivity index (χ4v) is 3.08. The molecule has 0 radical (unpaired) electrons. The van der Waals surface area contributed by atoms with Crippen LogP contribution in [0, 0.1) is 3.57 Å². The van der Waals surface area contributed by atoms with Gasteiger partial charge < -0.3 is 4.74 Å². The fourth-order valence-electron chi connectivity index (χ4n) is 1.86. The van der Waals surface area contributed by atoms with Crippen LogP contribution in [-0.2, 0) is 19.6 Å². The number of halogens is 2. The monoisotopic (exact) mass is 434 g/mol. The molecule has 0 amide bonds. The number of hydrogen-bond acceptors (Lipinski definition) is 2. The van der Waals surface area contributed by atoms with Gasteiger partial charge in [-0.15, -0.1) is 0 Å². The number of ether oxygens (including phenoxy) is 1. The number of nitrogens with zero attached hydrogens (tertiary/aromatic N) is 2. The van der Waals surface area contributed by atoms with Crippen LogP contribution in [0.15, 0.2) is 28.7 Å². The Morgan fingerprint density at radius 1 is 1.32 bits per heavy atom. The minimum absolute atomic E-state index is 0.529. The molecule has 0 fully saturated rings. The van der Waals surface area contributed by atoms with E-state index in [-0.39, 0.29) is 0 Å². The molecule has 1 aromatic heterocycles. The quantitative estimate of drug-likeness (QED) is 0.651. The van der Waals surface area contributed by atoms with E-state index in [2.05, 4.69) is 57.5 Å². The molecule has 19 heavy (non-hydrogen) atoms. The molecule has 102 valence electrons. The summed E-state index contributed by atoms with van der Waals surface area (Å²) in [4.78, 5) is 0. The van der Waals surface area contributed by atoms with Crippen molar-refractivity contribution >= 4 is 38.5 Å². The number of hydrogen-bond donors (Lipinski definition) is 0. The average molecular weight is 435 g/mol. The number of benzene rings is 1. The predicted octanol–water partition coefficient (Wildman–Crippen LogP) is 4.41. The normalized spacial score (nSPS) is 10.7. The lowest BCUT2D eigenvalue weighted by atomic mass is 10.3. The van der Waals surface area contributed by atoms with E-state index >= 15 is 0 Å². The molecule has 1 aromatic carbocycles. The van der Waals surface area contributed by atoms with Crippen molar-refractivity contribution in [3.63, 3.8) is 0 Å². The highest BCUT2D eigenvalue weighted by Crippen LogP contribution is 2.25. The maximum atomic E-state index is 5.91. The zero-order valence-corrected chi connectivity index (χ0v) is 14.7. The Labute approximate surface area is 135 Å². The molecule has 5 heteroatoms. The van der Waals surface area contributed by atoms with E-state index in [1.807, 2.05) is 28.9 Å². The third-order valence-corrected chi connectivity index (χ3v) is 4.70. The molecule has 0 spiro atoms. The van der Waals surface area contributed by atoms with Gasteiger partial charge in [0.15, 0.2) is 0 Å². The van der Waals surface area contributed by atoms with Crippen molar-refractivity contribution < 1.29 is 4.74 Å². The van der Waals surface area contributed by atoms with Gasteiger partial charge in [-0.2, -0.15) is 5.10 Å². The minimum atomic E-state index is 0.529. The summed E-state index contributed by atoms with van der Waals surface area (Å²) in [6.07, 6.45) is 0.920. The second-order valence-electron chi connectivity index (χ2n) is 4.10. The van der Waals surface area contributed by atoms with Crippen LogP contribution in [0.5, 0.6) is 5.75 Å². The topological polar surface area (TPSA) is 27.1 Å². The molecule has 0 saturated heterocycles. The molecule has 0 saturated carbocycles. The summed E-state index contributed by atoms with van der Waals surface area (Å²) in [5.41, 5.74) is 2.18. The highest BCUT2D eigenvalue weighted by molar-refractivity contribution is 14.1. The lowest BCUT2D eigenvalue weighted by molar-refractivity contribution is 0.289. The maximum absolute atomic E-state index is 5.91. The highest BCUT2D eigenvalue weighted by atomic mass is 127. The van der Waals surface area contributed by atoms with E-state index in [0.717, 1.165) is 38.1 Å². The van der Waals surface area contributed by atoms with Crippen LogP contribution in [-0.4, -0.2) is 9.78 Å². The zero-order chi connectivity index (χ0) is 13.8. The Balaban J connectivity index is 2.20. The van der Waals surface area contributed by atoms with Crippen molar-refractivity contribution in [1.82, 2.24) is 9.78 Å². The second kappa shape index (κ2) is 6.74. The van der Waals surface area contributed by atoms with E-state index in [9.17, 15) is 0 Å². The van der Waals surface area contributed by atoms with Crippen molar-refractivity contribution in [2.24, 2.45) is 0 Å². The van der Waals surface area contributed by atoms with Gasteiger partial charge >= 0.3 is 0 Å². The molecule has 3 nitrogen and oxygen atoms in total. The maximum Gasteiger partial charge on any atom is 0.133 e. The van der Waals surface area contributed by atoms with Crippen LogP contribution in [0.2, 0.25) is 0 Å². The molecule has 0 aliphatic heterocycles.